The van der Waals surface area contributed by atoms with Gasteiger partial charge in [0, 0.05) is 31.5 Å². The highest BCUT2D eigenvalue weighted by molar-refractivity contribution is 7.89. The number of methoxy groups -OCH3 is 2. The summed E-state index contributed by atoms with van der Waals surface area (Å²) in [6.07, 6.45) is 3.35. The van der Waals surface area contributed by atoms with Crippen LogP contribution in [0.15, 0.2) is 96.2 Å². The molecule has 0 unspecified atom stereocenters. The van der Waals surface area contributed by atoms with Crippen molar-refractivity contribution in [1.82, 2.24) is 14.3 Å². The third kappa shape index (κ3) is 5.92. The molecule has 9 nitrogen and oxygen atoms in total. The Labute approximate surface area is 242 Å². The standard InChI is InChI=1S/C30H28N4O5S2/c1-33(19-21-8-5-4-6-9-21)41(36,37)24-13-11-23(12-14-24)29(35)34(20-22-10-7-17-31-18-22)30-32-27-25(38-2)15-16-26(39-3)28(27)40-30/h4-18H,19-20H2,1-3H3. The van der Waals surface area contributed by atoms with Crippen LogP contribution >= 0.6 is 11.3 Å². The van der Waals surface area contributed by atoms with Gasteiger partial charge in [-0.25, -0.2) is 13.4 Å². The van der Waals surface area contributed by atoms with E-state index in [0.717, 1.165) is 15.8 Å². The Morgan fingerprint density at radius 3 is 2.20 bits per heavy atom. The minimum absolute atomic E-state index is 0.0979. The second-order valence-electron chi connectivity index (χ2n) is 9.17. The number of carbonyl (C=O) groups excluding carboxylic acids is 1. The fourth-order valence-electron chi connectivity index (χ4n) is 4.32. The highest BCUT2D eigenvalue weighted by Gasteiger charge is 2.26. The maximum atomic E-state index is 13.9. The molecule has 5 rings (SSSR count). The van der Waals surface area contributed by atoms with Gasteiger partial charge in [-0.3, -0.25) is 14.7 Å². The van der Waals surface area contributed by atoms with Gasteiger partial charge in [0.2, 0.25) is 10.0 Å². The summed E-state index contributed by atoms with van der Waals surface area (Å²) in [6, 6.07) is 22.6. The van der Waals surface area contributed by atoms with Crippen molar-refractivity contribution < 1.29 is 22.7 Å². The Bertz CT molecular complexity index is 1720. The third-order valence-electron chi connectivity index (χ3n) is 6.50. The van der Waals surface area contributed by atoms with Crippen LogP contribution in [0.25, 0.3) is 10.2 Å². The van der Waals surface area contributed by atoms with Crippen molar-refractivity contribution in [3.63, 3.8) is 0 Å². The number of benzene rings is 3. The first-order valence-electron chi connectivity index (χ1n) is 12.6. The van der Waals surface area contributed by atoms with E-state index in [9.17, 15) is 13.2 Å². The fourth-order valence-corrected chi connectivity index (χ4v) is 6.55. The number of sulfonamides is 1. The third-order valence-corrected chi connectivity index (χ3v) is 9.41. The molecule has 0 N–H and O–H groups in total. The quantitative estimate of drug-likeness (QED) is 0.216. The molecule has 0 spiro atoms. The van der Waals surface area contributed by atoms with E-state index in [1.54, 1.807) is 49.7 Å². The molecule has 0 aliphatic rings. The number of rotatable bonds is 10. The summed E-state index contributed by atoms with van der Waals surface area (Å²) in [5.41, 5.74) is 2.58. The van der Waals surface area contributed by atoms with Crippen LogP contribution in [0.5, 0.6) is 11.5 Å². The van der Waals surface area contributed by atoms with Crippen molar-refractivity contribution in [2.45, 2.75) is 18.0 Å². The number of nitrogens with zero attached hydrogens (tertiary/aromatic N) is 4. The lowest BCUT2D eigenvalue weighted by Gasteiger charge is -2.21. The van der Waals surface area contributed by atoms with Crippen LogP contribution in [0.1, 0.15) is 21.5 Å². The lowest BCUT2D eigenvalue weighted by Crippen LogP contribution is -2.30. The zero-order chi connectivity index (χ0) is 29.0. The average molecular weight is 589 g/mol. The Morgan fingerprint density at radius 1 is 0.854 bits per heavy atom. The van der Waals surface area contributed by atoms with E-state index in [2.05, 4.69) is 4.98 Å². The van der Waals surface area contributed by atoms with Gasteiger partial charge in [-0.1, -0.05) is 47.7 Å². The summed E-state index contributed by atoms with van der Waals surface area (Å²) in [5, 5.41) is 0.441. The molecule has 5 aromatic rings. The fraction of sp³-hybridized carbons (Fsp3) is 0.167. The van der Waals surface area contributed by atoms with Gasteiger partial charge in [-0.15, -0.1) is 0 Å². The van der Waals surface area contributed by atoms with E-state index in [1.165, 1.54) is 47.0 Å². The van der Waals surface area contributed by atoms with Gasteiger partial charge in [0.05, 0.1) is 25.7 Å². The monoisotopic (exact) mass is 588 g/mol. The summed E-state index contributed by atoms with van der Waals surface area (Å²) >= 11 is 1.31. The van der Waals surface area contributed by atoms with Crippen LogP contribution in [0.2, 0.25) is 0 Å². The Morgan fingerprint density at radius 2 is 1.54 bits per heavy atom. The van der Waals surface area contributed by atoms with Gasteiger partial charge in [0.25, 0.3) is 5.91 Å². The predicted molar refractivity (Wildman–Crippen MR) is 159 cm³/mol. The smallest absolute Gasteiger partial charge is 0.260 e. The molecule has 0 aliphatic carbocycles. The number of hydrogen-bond donors (Lipinski definition) is 0. The molecule has 41 heavy (non-hydrogen) atoms. The molecule has 2 heterocycles. The van der Waals surface area contributed by atoms with E-state index >= 15 is 0 Å². The lowest BCUT2D eigenvalue weighted by molar-refractivity contribution is 0.0985. The first-order valence-corrected chi connectivity index (χ1v) is 14.9. The summed E-state index contributed by atoms with van der Waals surface area (Å²) in [6.45, 7) is 0.435. The van der Waals surface area contributed by atoms with E-state index < -0.39 is 10.0 Å². The second-order valence-corrected chi connectivity index (χ2v) is 12.2. The second kappa shape index (κ2) is 12.0. The van der Waals surface area contributed by atoms with Crippen molar-refractivity contribution in [2.75, 3.05) is 26.2 Å². The number of anilines is 1. The summed E-state index contributed by atoms with van der Waals surface area (Å²) < 4.78 is 39.5. The van der Waals surface area contributed by atoms with Gasteiger partial charge < -0.3 is 9.47 Å². The number of thiazole rings is 1. The van der Waals surface area contributed by atoms with Crippen LogP contribution in [0, 0.1) is 0 Å². The zero-order valence-corrected chi connectivity index (χ0v) is 24.4. The lowest BCUT2D eigenvalue weighted by atomic mass is 10.2. The van der Waals surface area contributed by atoms with Crippen molar-refractivity contribution in [3.05, 3.63) is 108 Å². The topological polar surface area (TPSA) is 102 Å². The Hall–Kier alpha value is -4.32. The number of aromatic nitrogens is 2. The number of ether oxygens (including phenoxy) is 2. The molecule has 0 saturated heterocycles. The van der Waals surface area contributed by atoms with E-state index in [0.29, 0.717) is 27.7 Å². The molecule has 210 valence electrons. The summed E-state index contributed by atoms with van der Waals surface area (Å²) in [7, 11) is 0.900. The Balaban J connectivity index is 1.48. The predicted octanol–water partition coefficient (Wildman–Crippen LogP) is 5.38. The highest BCUT2D eigenvalue weighted by Crippen LogP contribution is 2.40. The van der Waals surface area contributed by atoms with Crippen molar-refractivity contribution >= 4 is 42.6 Å². The molecule has 0 radical (unpaired) electrons. The van der Waals surface area contributed by atoms with Crippen LogP contribution in [-0.4, -0.2) is 49.9 Å². The number of fused-ring (bicyclic) bond motifs is 1. The molecule has 2 aromatic heterocycles. The largest absolute Gasteiger partial charge is 0.495 e. The molecule has 0 aliphatic heterocycles. The summed E-state index contributed by atoms with van der Waals surface area (Å²) in [5.74, 6) is 0.839. The minimum Gasteiger partial charge on any atom is -0.495 e. The molecule has 1 amide bonds. The van der Waals surface area contributed by atoms with Crippen LogP contribution in [-0.2, 0) is 23.1 Å². The molecule has 0 fully saturated rings. The number of pyridine rings is 1. The first kappa shape index (κ1) is 28.2. The maximum absolute atomic E-state index is 13.9. The van der Waals surface area contributed by atoms with Gasteiger partial charge in [0.15, 0.2) is 5.13 Å². The highest BCUT2D eigenvalue weighted by atomic mass is 32.2. The van der Waals surface area contributed by atoms with Crippen molar-refractivity contribution in [3.8, 4) is 11.5 Å². The van der Waals surface area contributed by atoms with Gasteiger partial charge in [-0.2, -0.15) is 4.31 Å². The van der Waals surface area contributed by atoms with Gasteiger partial charge in [0.1, 0.15) is 21.7 Å². The molecule has 0 saturated carbocycles. The van der Waals surface area contributed by atoms with E-state index in [-0.39, 0.29) is 23.9 Å². The van der Waals surface area contributed by atoms with E-state index in [1.807, 2.05) is 36.4 Å². The molecular weight excluding hydrogens is 560 g/mol. The molecule has 0 bridgehead atoms. The maximum Gasteiger partial charge on any atom is 0.260 e. The Kier molecular flexibility index (Phi) is 8.29. The minimum atomic E-state index is -3.77. The SMILES string of the molecule is COc1ccc(OC)c2sc(N(Cc3cccnc3)C(=O)c3ccc(S(=O)(=O)N(C)Cc4ccccc4)cc3)nc12. The average Bonchev–Trinajstić information content (AvgIpc) is 3.45. The van der Waals surface area contributed by atoms with Gasteiger partial charge in [-0.05, 0) is 53.6 Å². The van der Waals surface area contributed by atoms with Crippen LogP contribution in [0.4, 0.5) is 5.13 Å². The first-order chi connectivity index (χ1) is 19.8. The zero-order valence-electron chi connectivity index (χ0n) is 22.7. The van der Waals surface area contributed by atoms with E-state index in [4.69, 9.17) is 14.5 Å². The van der Waals surface area contributed by atoms with Crippen LogP contribution < -0.4 is 14.4 Å². The number of carbonyl (C=O) groups is 1. The van der Waals surface area contributed by atoms with Crippen molar-refractivity contribution in [2.24, 2.45) is 0 Å². The normalized spacial score (nSPS) is 11.5. The molecular formula is C30H28N4O5S2. The molecule has 0 atom stereocenters. The molecule has 11 heteroatoms. The van der Waals surface area contributed by atoms with Crippen molar-refractivity contribution in [1.29, 1.82) is 0 Å². The number of amides is 1. The molecule has 3 aromatic carbocycles. The summed E-state index contributed by atoms with van der Waals surface area (Å²) in [4.78, 5) is 24.5. The van der Waals surface area contributed by atoms with Gasteiger partial charge >= 0.3 is 0 Å². The number of hydrogen-bond acceptors (Lipinski definition) is 8. The van der Waals surface area contributed by atoms with Crippen LogP contribution in [0.3, 0.4) is 0 Å².